The first-order valence-corrected chi connectivity index (χ1v) is 10.1. The predicted octanol–water partition coefficient (Wildman–Crippen LogP) is 4.04. The van der Waals surface area contributed by atoms with E-state index >= 15 is 0 Å². The summed E-state index contributed by atoms with van der Waals surface area (Å²) >= 11 is 0. The lowest BCUT2D eigenvalue weighted by Gasteiger charge is -2.21. The number of ether oxygens (including phenoxy) is 2. The van der Waals surface area contributed by atoms with Crippen LogP contribution in [0, 0.1) is 5.92 Å². The second-order valence-electron chi connectivity index (χ2n) is 7.56. The van der Waals surface area contributed by atoms with Crippen molar-refractivity contribution < 1.29 is 19.1 Å². The van der Waals surface area contributed by atoms with Gasteiger partial charge in [0, 0.05) is 23.8 Å². The van der Waals surface area contributed by atoms with Gasteiger partial charge in [0.25, 0.3) is 5.91 Å². The zero-order valence-corrected chi connectivity index (χ0v) is 16.9. The van der Waals surface area contributed by atoms with E-state index in [9.17, 15) is 9.59 Å². The molecule has 0 radical (unpaired) electrons. The van der Waals surface area contributed by atoms with E-state index in [2.05, 4.69) is 5.32 Å². The molecule has 0 saturated heterocycles. The topological polar surface area (TPSA) is 67.9 Å². The van der Waals surface area contributed by atoms with Crippen molar-refractivity contribution in [3.05, 3.63) is 47.5 Å². The quantitative estimate of drug-likeness (QED) is 0.831. The van der Waals surface area contributed by atoms with Gasteiger partial charge in [0.15, 0.2) is 0 Å². The molecule has 1 saturated carbocycles. The highest BCUT2D eigenvalue weighted by Gasteiger charge is 2.32. The molecule has 152 valence electrons. The molecule has 1 N–H and O–H groups in total. The minimum Gasteiger partial charge on any atom is -0.496 e. The Morgan fingerprint density at radius 1 is 1.03 bits per heavy atom. The Hall–Kier alpha value is -3.02. The Labute approximate surface area is 170 Å². The fourth-order valence-corrected chi connectivity index (χ4v) is 4.37. The zero-order valence-electron chi connectivity index (χ0n) is 16.9. The highest BCUT2D eigenvalue weighted by atomic mass is 16.5. The van der Waals surface area contributed by atoms with Crippen LogP contribution in [0.3, 0.4) is 0 Å². The number of carbonyl (C=O) groups excluding carboxylic acids is 2. The second-order valence-corrected chi connectivity index (χ2v) is 7.56. The number of nitrogens with zero attached hydrogens (tertiary/aromatic N) is 1. The summed E-state index contributed by atoms with van der Waals surface area (Å²) in [6, 6.07) is 11.0. The molecule has 2 aromatic rings. The van der Waals surface area contributed by atoms with Crippen molar-refractivity contribution in [2.24, 2.45) is 5.92 Å². The summed E-state index contributed by atoms with van der Waals surface area (Å²) in [6.07, 6.45) is 5.09. The molecule has 2 amide bonds. The average molecular weight is 394 g/mol. The maximum Gasteiger partial charge on any atom is 0.263 e. The Morgan fingerprint density at radius 2 is 1.72 bits per heavy atom. The lowest BCUT2D eigenvalue weighted by Crippen LogP contribution is -2.33. The molecule has 0 aromatic heterocycles. The molecule has 6 nitrogen and oxygen atoms in total. The Kier molecular flexibility index (Phi) is 5.43. The summed E-state index contributed by atoms with van der Waals surface area (Å²) in [4.78, 5) is 27.6. The van der Waals surface area contributed by atoms with Crippen molar-refractivity contribution in [2.45, 2.75) is 32.1 Å². The minimum atomic E-state index is -0.295. The predicted molar refractivity (Wildman–Crippen MR) is 112 cm³/mol. The van der Waals surface area contributed by atoms with Crippen LogP contribution in [0.25, 0.3) is 0 Å². The number of benzene rings is 2. The van der Waals surface area contributed by atoms with E-state index in [-0.39, 0.29) is 17.7 Å². The van der Waals surface area contributed by atoms with Crippen molar-refractivity contribution in [3.8, 4) is 11.5 Å². The van der Waals surface area contributed by atoms with Gasteiger partial charge in [-0.15, -0.1) is 0 Å². The molecule has 0 spiro atoms. The summed E-state index contributed by atoms with van der Waals surface area (Å²) in [5, 5.41) is 2.93. The maximum absolute atomic E-state index is 12.9. The van der Waals surface area contributed by atoms with Gasteiger partial charge in [-0.05, 0) is 55.2 Å². The zero-order chi connectivity index (χ0) is 20.4. The molecule has 1 heterocycles. The fourth-order valence-electron chi connectivity index (χ4n) is 4.37. The molecule has 0 atom stereocenters. The molecule has 0 bridgehead atoms. The molecule has 2 aliphatic rings. The third-order valence-electron chi connectivity index (χ3n) is 5.86. The normalized spacial score (nSPS) is 15.9. The van der Waals surface area contributed by atoms with E-state index in [1.807, 2.05) is 23.1 Å². The summed E-state index contributed by atoms with van der Waals surface area (Å²) < 4.78 is 10.6. The van der Waals surface area contributed by atoms with Gasteiger partial charge in [-0.3, -0.25) is 9.59 Å². The van der Waals surface area contributed by atoms with Gasteiger partial charge in [-0.2, -0.15) is 0 Å². The molecular formula is C23H26N2O4. The summed E-state index contributed by atoms with van der Waals surface area (Å²) in [5.74, 6) is 1.03. The number of amides is 2. The molecule has 1 fully saturated rings. The molecule has 1 aliphatic heterocycles. The fraction of sp³-hybridized carbons (Fsp3) is 0.391. The van der Waals surface area contributed by atoms with Gasteiger partial charge in [-0.25, -0.2) is 0 Å². The number of nitrogens with one attached hydrogen (secondary N) is 1. The highest BCUT2D eigenvalue weighted by molar-refractivity contribution is 6.08. The van der Waals surface area contributed by atoms with Crippen LogP contribution in [0.15, 0.2) is 36.4 Å². The van der Waals surface area contributed by atoms with Crippen molar-refractivity contribution in [3.63, 3.8) is 0 Å². The molecule has 6 heteroatoms. The van der Waals surface area contributed by atoms with E-state index < -0.39 is 0 Å². The van der Waals surface area contributed by atoms with Gasteiger partial charge >= 0.3 is 0 Å². The van der Waals surface area contributed by atoms with Crippen LogP contribution in [-0.2, 0) is 11.2 Å². The van der Waals surface area contributed by atoms with E-state index in [0.29, 0.717) is 29.3 Å². The van der Waals surface area contributed by atoms with Gasteiger partial charge in [0.1, 0.15) is 17.1 Å². The van der Waals surface area contributed by atoms with Crippen molar-refractivity contribution >= 4 is 23.2 Å². The van der Waals surface area contributed by atoms with Crippen LogP contribution in [-0.4, -0.2) is 32.6 Å². The summed E-state index contributed by atoms with van der Waals surface area (Å²) in [5.41, 5.74) is 3.10. The van der Waals surface area contributed by atoms with Gasteiger partial charge < -0.3 is 19.7 Å². The van der Waals surface area contributed by atoms with E-state index in [1.165, 1.54) is 14.2 Å². The number of carbonyl (C=O) groups is 2. The maximum atomic E-state index is 12.9. The van der Waals surface area contributed by atoms with Gasteiger partial charge in [0.2, 0.25) is 5.91 Å². The average Bonchev–Trinajstić information content (AvgIpc) is 3.42. The highest BCUT2D eigenvalue weighted by Crippen LogP contribution is 2.35. The number of rotatable bonds is 5. The van der Waals surface area contributed by atoms with Crippen LogP contribution in [0.1, 0.15) is 41.6 Å². The first kappa shape index (κ1) is 19.3. The summed E-state index contributed by atoms with van der Waals surface area (Å²) in [6.45, 7) is 0.711. The SMILES string of the molecule is COc1cccc(OC)c1C(=O)Nc1ccc2c(c1)CCN2C(=O)C1CCCC1. The first-order chi connectivity index (χ1) is 14.1. The van der Waals surface area contributed by atoms with Crippen molar-refractivity contribution in [1.82, 2.24) is 0 Å². The Bertz CT molecular complexity index is 912. The number of anilines is 2. The number of fused-ring (bicyclic) bond motifs is 1. The van der Waals surface area contributed by atoms with E-state index in [0.717, 1.165) is 43.4 Å². The first-order valence-electron chi connectivity index (χ1n) is 10.1. The number of methoxy groups -OCH3 is 2. The number of hydrogen-bond acceptors (Lipinski definition) is 4. The largest absolute Gasteiger partial charge is 0.496 e. The van der Waals surface area contributed by atoms with Crippen molar-refractivity contribution in [2.75, 3.05) is 31.0 Å². The molecule has 1 aliphatic carbocycles. The van der Waals surface area contributed by atoms with Crippen LogP contribution < -0.4 is 19.7 Å². The molecular weight excluding hydrogens is 368 g/mol. The van der Waals surface area contributed by atoms with Gasteiger partial charge in [0.05, 0.1) is 14.2 Å². The lowest BCUT2D eigenvalue weighted by molar-refractivity contribution is -0.122. The van der Waals surface area contributed by atoms with Crippen LogP contribution in [0.5, 0.6) is 11.5 Å². The minimum absolute atomic E-state index is 0.165. The third-order valence-corrected chi connectivity index (χ3v) is 5.86. The van der Waals surface area contributed by atoms with Crippen molar-refractivity contribution in [1.29, 1.82) is 0 Å². The van der Waals surface area contributed by atoms with Crippen LogP contribution in [0.2, 0.25) is 0 Å². The monoisotopic (exact) mass is 394 g/mol. The second kappa shape index (κ2) is 8.15. The third kappa shape index (κ3) is 3.67. The summed E-state index contributed by atoms with van der Waals surface area (Å²) in [7, 11) is 3.05. The molecule has 0 unspecified atom stereocenters. The number of hydrogen-bond donors (Lipinski definition) is 1. The van der Waals surface area contributed by atoms with Gasteiger partial charge in [-0.1, -0.05) is 18.9 Å². The molecule has 2 aromatic carbocycles. The molecule has 29 heavy (non-hydrogen) atoms. The molecule has 4 rings (SSSR count). The smallest absolute Gasteiger partial charge is 0.263 e. The standard InChI is InChI=1S/C23H26N2O4/c1-28-19-8-5-9-20(29-2)21(19)22(26)24-17-10-11-18-16(14-17)12-13-25(18)23(27)15-6-3-4-7-15/h5,8-11,14-15H,3-4,6-7,12-13H2,1-2H3,(H,24,26). The lowest BCUT2D eigenvalue weighted by atomic mass is 10.1. The van der Waals surface area contributed by atoms with Crippen LogP contribution >= 0.6 is 0 Å². The van der Waals surface area contributed by atoms with E-state index in [1.54, 1.807) is 18.2 Å². The van der Waals surface area contributed by atoms with Crippen LogP contribution in [0.4, 0.5) is 11.4 Å². The van der Waals surface area contributed by atoms with E-state index in [4.69, 9.17) is 9.47 Å². The Balaban J connectivity index is 1.54. The Morgan fingerprint density at radius 3 is 2.38 bits per heavy atom.